The molecule has 0 aliphatic heterocycles. The first-order valence-electron chi connectivity index (χ1n) is 6.85. The number of hydrogen-bond acceptors (Lipinski definition) is 4. The van der Waals surface area contributed by atoms with Crippen LogP contribution in [0.5, 0.6) is 5.75 Å². The van der Waals surface area contributed by atoms with Crippen molar-refractivity contribution in [1.82, 2.24) is 4.98 Å². The summed E-state index contributed by atoms with van der Waals surface area (Å²) in [7, 11) is 0. The summed E-state index contributed by atoms with van der Waals surface area (Å²) < 4.78 is 5.93. The van der Waals surface area contributed by atoms with Crippen molar-refractivity contribution in [2.24, 2.45) is 0 Å². The molecule has 0 fully saturated rings. The van der Waals surface area contributed by atoms with Gasteiger partial charge in [-0.3, -0.25) is 0 Å². The van der Waals surface area contributed by atoms with Gasteiger partial charge in [0, 0.05) is 11.8 Å². The molecular weight excluding hydrogens is 270 g/mol. The van der Waals surface area contributed by atoms with Gasteiger partial charge in [0.15, 0.2) is 0 Å². The van der Waals surface area contributed by atoms with Gasteiger partial charge < -0.3 is 9.84 Å². The summed E-state index contributed by atoms with van der Waals surface area (Å²) in [5.41, 5.74) is 4.43. The summed E-state index contributed by atoms with van der Waals surface area (Å²) in [6.45, 7) is 7.00. The number of aryl methyl sites for hydroxylation is 3. The van der Waals surface area contributed by atoms with Crippen molar-refractivity contribution >= 4 is 11.3 Å². The van der Waals surface area contributed by atoms with Gasteiger partial charge in [-0.25, -0.2) is 4.98 Å². The lowest BCUT2D eigenvalue weighted by Crippen LogP contribution is -2.03. The first kappa shape index (κ1) is 15.0. The number of thiazole rings is 1. The van der Waals surface area contributed by atoms with Crippen molar-refractivity contribution in [2.45, 2.75) is 40.2 Å². The average molecular weight is 291 g/mol. The molecule has 0 saturated heterocycles. The summed E-state index contributed by atoms with van der Waals surface area (Å²) in [5, 5.41) is 12.0. The third-order valence-electron chi connectivity index (χ3n) is 3.42. The van der Waals surface area contributed by atoms with Gasteiger partial charge in [0.1, 0.15) is 5.75 Å². The Kier molecular flexibility index (Phi) is 5.15. The summed E-state index contributed by atoms with van der Waals surface area (Å²) in [6.07, 6.45) is 1.83. The minimum Gasteiger partial charge on any atom is -0.493 e. The molecule has 0 bridgehead atoms. The number of aliphatic hydroxyl groups is 1. The highest BCUT2D eigenvalue weighted by atomic mass is 32.1. The molecule has 0 saturated carbocycles. The second kappa shape index (κ2) is 6.86. The van der Waals surface area contributed by atoms with E-state index in [9.17, 15) is 0 Å². The third kappa shape index (κ3) is 3.58. The van der Waals surface area contributed by atoms with Gasteiger partial charge in [-0.15, -0.1) is 11.3 Å². The van der Waals surface area contributed by atoms with E-state index in [0.29, 0.717) is 6.61 Å². The fourth-order valence-corrected chi connectivity index (χ4v) is 2.91. The number of rotatable bonds is 6. The van der Waals surface area contributed by atoms with Crippen molar-refractivity contribution in [3.05, 3.63) is 44.9 Å². The number of nitrogens with zero attached hydrogens (tertiary/aromatic N) is 1. The molecule has 1 N–H and O–H groups in total. The standard InChI is InChI=1S/C16H21NO2S/c1-11-6-7-12(2)16(13(11)3)19-8-4-5-15-17-14(9-18)10-20-15/h6-7,10,18H,4-5,8-9H2,1-3H3. The maximum atomic E-state index is 8.98. The summed E-state index contributed by atoms with van der Waals surface area (Å²) >= 11 is 1.60. The first-order valence-corrected chi connectivity index (χ1v) is 7.73. The molecule has 0 atom stereocenters. The van der Waals surface area contributed by atoms with Crippen molar-refractivity contribution in [3.8, 4) is 5.75 Å². The molecule has 0 radical (unpaired) electrons. The molecule has 0 unspecified atom stereocenters. The van der Waals surface area contributed by atoms with Crippen molar-refractivity contribution in [1.29, 1.82) is 0 Å². The Morgan fingerprint density at radius 3 is 2.65 bits per heavy atom. The highest BCUT2D eigenvalue weighted by Crippen LogP contribution is 2.25. The minimum absolute atomic E-state index is 0.0225. The Labute approximate surface area is 124 Å². The predicted octanol–water partition coefficient (Wildman–Crippen LogP) is 3.57. The number of ether oxygens (including phenoxy) is 1. The zero-order valence-electron chi connectivity index (χ0n) is 12.3. The van der Waals surface area contributed by atoms with Crippen molar-refractivity contribution in [3.63, 3.8) is 0 Å². The van der Waals surface area contributed by atoms with Gasteiger partial charge in [0.2, 0.25) is 0 Å². The van der Waals surface area contributed by atoms with E-state index >= 15 is 0 Å². The SMILES string of the molecule is Cc1ccc(C)c(OCCCc2nc(CO)cs2)c1C. The lowest BCUT2D eigenvalue weighted by molar-refractivity contribution is 0.277. The monoisotopic (exact) mass is 291 g/mol. The number of hydrogen-bond donors (Lipinski definition) is 1. The number of benzene rings is 1. The van der Waals surface area contributed by atoms with Gasteiger partial charge in [0.05, 0.1) is 23.9 Å². The normalized spacial score (nSPS) is 10.8. The average Bonchev–Trinajstić information content (AvgIpc) is 2.90. The smallest absolute Gasteiger partial charge is 0.125 e. The van der Waals surface area contributed by atoms with Crippen LogP contribution in [0.2, 0.25) is 0 Å². The van der Waals surface area contributed by atoms with Gasteiger partial charge in [-0.1, -0.05) is 12.1 Å². The van der Waals surface area contributed by atoms with Gasteiger partial charge >= 0.3 is 0 Å². The fraction of sp³-hybridized carbons (Fsp3) is 0.438. The second-order valence-electron chi connectivity index (χ2n) is 5.00. The lowest BCUT2D eigenvalue weighted by atomic mass is 10.1. The molecule has 2 rings (SSSR count). The largest absolute Gasteiger partial charge is 0.493 e. The van der Waals surface area contributed by atoms with Gasteiger partial charge in [-0.05, 0) is 43.9 Å². The summed E-state index contributed by atoms with van der Waals surface area (Å²) in [6, 6.07) is 4.23. The zero-order valence-corrected chi connectivity index (χ0v) is 13.1. The molecule has 0 amide bonds. The van der Waals surface area contributed by atoms with E-state index < -0.39 is 0 Å². The van der Waals surface area contributed by atoms with Crippen LogP contribution in [0.3, 0.4) is 0 Å². The molecule has 0 spiro atoms. The predicted molar refractivity (Wildman–Crippen MR) is 82.5 cm³/mol. The Balaban J connectivity index is 1.86. The summed E-state index contributed by atoms with van der Waals surface area (Å²) in [5.74, 6) is 1.01. The Hall–Kier alpha value is -1.39. The van der Waals surface area contributed by atoms with E-state index in [1.807, 2.05) is 5.38 Å². The molecule has 20 heavy (non-hydrogen) atoms. The first-order chi connectivity index (χ1) is 9.61. The maximum absolute atomic E-state index is 8.98. The molecule has 108 valence electrons. The third-order valence-corrected chi connectivity index (χ3v) is 4.37. The van der Waals surface area contributed by atoms with E-state index in [1.165, 1.54) is 16.7 Å². The highest BCUT2D eigenvalue weighted by molar-refractivity contribution is 7.09. The van der Waals surface area contributed by atoms with Crippen LogP contribution >= 0.6 is 11.3 Å². The van der Waals surface area contributed by atoms with Crippen LogP contribution in [0, 0.1) is 20.8 Å². The van der Waals surface area contributed by atoms with Crippen LogP contribution < -0.4 is 4.74 Å². The van der Waals surface area contributed by atoms with Crippen molar-refractivity contribution < 1.29 is 9.84 Å². The molecule has 4 heteroatoms. The molecule has 1 aromatic heterocycles. The fourth-order valence-electron chi connectivity index (χ4n) is 2.08. The van der Waals surface area contributed by atoms with Gasteiger partial charge in [-0.2, -0.15) is 0 Å². The summed E-state index contributed by atoms with van der Waals surface area (Å²) in [4.78, 5) is 4.34. The number of aliphatic hydroxyl groups excluding tert-OH is 1. The van der Waals surface area contributed by atoms with Gasteiger partial charge in [0.25, 0.3) is 0 Å². The highest BCUT2D eigenvalue weighted by Gasteiger charge is 2.06. The van der Waals surface area contributed by atoms with Crippen molar-refractivity contribution in [2.75, 3.05) is 6.61 Å². The molecule has 1 heterocycles. The molecular formula is C16H21NO2S. The topological polar surface area (TPSA) is 42.4 Å². The van der Waals surface area contributed by atoms with E-state index in [1.54, 1.807) is 11.3 Å². The van der Waals surface area contributed by atoms with Crippen LogP contribution in [0.15, 0.2) is 17.5 Å². The quantitative estimate of drug-likeness (QED) is 0.827. The Bertz CT molecular complexity index is 578. The van der Waals surface area contributed by atoms with Crippen LogP contribution in [0.4, 0.5) is 0 Å². The minimum atomic E-state index is 0.0225. The van der Waals surface area contributed by atoms with E-state index in [0.717, 1.165) is 29.3 Å². The number of aromatic nitrogens is 1. The molecule has 0 aliphatic carbocycles. The molecule has 0 aliphatic rings. The van der Waals surface area contributed by atoms with E-state index in [-0.39, 0.29) is 6.61 Å². The molecule has 2 aromatic rings. The Morgan fingerprint density at radius 1 is 1.20 bits per heavy atom. The lowest BCUT2D eigenvalue weighted by Gasteiger charge is -2.13. The van der Waals surface area contributed by atoms with Crippen LogP contribution in [-0.4, -0.2) is 16.7 Å². The molecule has 1 aromatic carbocycles. The molecule has 3 nitrogen and oxygen atoms in total. The Morgan fingerprint density at radius 2 is 1.95 bits per heavy atom. The van der Waals surface area contributed by atoms with Crippen LogP contribution in [-0.2, 0) is 13.0 Å². The second-order valence-corrected chi connectivity index (χ2v) is 5.94. The van der Waals surface area contributed by atoms with Crippen LogP contribution in [0.25, 0.3) is 0 Å². The maximum Gasteiger partial charge on any atom is 0.125 e. The van der Waals surface area contributed by atoms with Crippen LogP contribution in [0.1, 0.15) is 33.8 Å². The van der Waals surface area contributed by atoms with E-state index in [4.69, 9.17) is 9.84 Å². The van der Waals surface area contributed by atoms with E-state index in [2.05, 4.69) is 37.9 Å². The zero-order chi connectivity index (χ0) is 14.5.